The molecule has 0 amide bonds. The fourth-order valence-electron chi connectivity index (χ4n) is 2.49. The Bertz CT molecular complexity index is 1010. The van der Waals surface area contributed by atoms with Crippen LogP contribution in [0.3, 0.4) is 0 Å². The monoisotopic (exact) mass is 360 g/mol. The first-order chi connectivity index (χ1) is 11.8. The molecule has 7 nitrogen and oxygen atoms in total. The Labute approximate surface area is 146 Å². The van der Waals surface area contributed by atoms with Crippen molar-refractivity contribution in [2.75, 3.05) is 5.73 Å². The van der Waals surface area contributed by atoms with Crippen molar-refractivity contribution in [3.8, 4) is 5.88 Å². The molecule has 0 spiro atoms. The number of hydrogen-bond donors (Lipinski definition) is 2. The average molecular weight is 360 g/mol. The number of aromatic amines is 1. The number of fused-ring (bicyclic) bond motifs is 1. The zero-order valence-electron chi connectivity index (χ0n) is 14.3. The number of nitrogens with two attached hydrogens (primary N) is 1. The minimum Gasteiger partial charge on any atom is -0.473 e. The van der Waals surface area contributed by atoms with Crippen molar-refractivity contribution in [1.29, 1.82) is 0 Å². The summed E-state index contributed by atoms with van der Waals surface area (Å²) in [6.07, 6.45) is 0.715. The predicted molar refractivity (Wildman–Crippen MR) is 95.3 cm³/mol. The van der Waals surface area contributed by atoms with Gasteiger partial charge in [0, 0.05) is 0 Å². The molecule has 0 saturated carbocycles. The highest BCUT2D eigenvalue weighted by molar-refractivity contribution is 7.92. The van der Waals surface area contributed by atoms with Gasteiger partial charge in [-0.15, -0.1) is 0 Å². The molecular weight excluding hydrogens is 340 g/mol. The normalized spacial score (nSPS) is 13.1. The number of H-pyrrole nitrogens is 1. The lowest BCUT2D eigenvalue weighted by Crippen LogP contribution is -2.12. The fourth-order valence-corrected chi connectivity index (χ4v) is 3.99. The molecule has 1 aromatic carbocycles. The number of nitrogens with zero attached hydrogens (tertiary/aromatic N) is 2. The van der Waals surface area contributed by atoms with E-state index in [9.17, 15) is 8.42 Å². The van der Waals surface area contributed by atoms with E-state index in [4.69, 9.17) is 10.5 Å². The van der Waals surface area contributed by atoms with Crippen LogP contribution in [0.5, 0.6) is 5.88 Å². The molecule has 0 aliphatic heterocycles. The summed E-state index contributed by atoms with van der Waals surface area (Å²) in [5, 5.41) is 0. The molecule has 25 heavy (non-hydrogen) atoms. The number of nitrogens with one attached hydrogen (secondary N) is 1. The van der Waals surface area contributed by atoms with Crippen LogP contribution in [0, 0.1) is 6.92 Å². The number of hydrogen-bond acceptors (Lipinski definition) is 6. The maximum absolute atomic E-state index is 13.0. The van der Waals surface area contributed by atoms with Crippen molar-refractivity contribution in [2.24, 2.45) is 0 Å². The molecule has 132 valence electrons. The molecule has 8 heteroatoms. The van der Waals surface area contributed by atoms with Gasteiger partial charge >= 0.3 is 0 Å². The largest absolute Gasteiger partial charge is 0.473 e. The molecule has 0 aliphatic rings. The van der Waals surface area contributed by atoms with Crippen molar-refractivity contribution in [3.05, 3.63) is 36.2 Å². The van der Waals surface area contributed by atoms with Gasteiger partial charge in [0.2, 0.25) is 15.7 Å². The summed E-state index contributed by atoms with van der Waals surface area (Å²) < 4.78 is 31.9. The Morgan fingerprint density at radius 1 is 1.24 bits per heavy atom. The molecule has 2 heterocycles. The second kappa shape index (κ2) is 6.36. The van der Waals surface area contributed by atoms with Gasteiger partial charge in [0.1, 0.15) is 27.6 Å². The Kier molecular flexibility index (Phi) is 4.38. The summed E-state index contributed by atoms with van der Waals surface area (Å²) in [6.45, 7) is 5.59. The summed E-state index contributed by atoms with van der Waals surface area (Å²) >= 11 is 0. The van der Waals surface area contributed by atoms with Gasteiger partial charge in [0.15, 0.2) is 0 Å². The van der Waals surface area contributed by atoms with Crippen molar-refractivity contribution in [2.45, 2.75) is 43.1 Å². The van der Waals surface area contributed by atoms with Gasteiger partial charge in [-0.25, -0.2) is 13.4 Å². The van der Waals surface area contributed by atoms with Gasteiger partial charge in [-0.2, -0.15) is 4.98 Å². The standard InChI is InChI=1S/C17H20N4O3S/c1-4-10(2)24-17-14-13(19-11(3)20-17)15(16(18)21-14)25(22,23)12-8-6-5-7-9-12/h5-10,21H,4,18H2,1-3H3/t10-/m1/s1. The molecule has 0 aliphatic carbocycles. The summed E-state index contributed by atoms with van der Waals surface area (Å²) in [5.74, 6) is 0.736. The van der Waals surface area contributed by atoms with Gasteiger partial charge in [-0.3, -0.25) is 0 Å². The van der Waals surface area contributed by atoms with E-state index in [1.807, 2.05) is 13.8 Å². The number of benzene rings is 1. The Morgan fingerprint density at radius 3 is 2.56 bits per heavy atom. The lowest BCUT2D eigenvalue weighted by molar-refractivity contribution is 0.210. The van der Waals surface area contributed by atoms with Crippen LogP contribution in [0.15, 0.2) is 40.1 Å². The van der Waals surface area contributed by atoms with E-state index in [0.717, 1.165) is 6.42 Å². The second-order valence-electron chi connectivity index (χ2n) is 5.82. The zero-order valence-corrected chi connectivity index (χ0v) is 15.1. The molecule has 0 radical (unpaired) electrons. The van der Waals surface area contributed by atoms with Crippen LogP contribution in [0.2, 0.25) is 0 Å². The fraction of sp³-hybridized carbons (Fsp3) is 0.294. The van der Waals surface area contributed by atoms with Crippen molar-refractivity contribution >= 4 is 26.7 Å². The van der Waals surface area contributed by atoms with Crippen LogP contribution in [-0.4, -0.2) is 29.5 Å². The van der Waals surface area contributed by atoms with Crippen LogP contribution in [-0.2, 0) is 9.84 Å². The van der Waals surface area contributed by atoms with Crippen LogP contribution in [0.4, 0.5) is 5.82 Å². The third kappa shape index (κ3) is 3.05. The molecule has 0 unspecified atom stereocenters. The van der Waals surface area contributed by atoms with Gasteiger partial charge in [-0.05, 0) is 32.4 Å². The van der Waals surface area contributed by atoms with Gasteiger partial charge in [0.25, 0.3) is 0 Å². The summed E-state index contributed by atoms with van der Waals surface area (Å²) in [4.78, 5) is 11.6. The van der Waals surface area contributed by atoms with E-state index in [2.05, 4.69) is 15.0 Å². The number of aromatic nitrogens is 3. The number of rotatable bonds is 5. The molecule has 3 N–H and O–H groups in total. The molecule has 0 fully saturated rings. The van der Waals surface area contributed by atoms with E-state index in [0.29, 0.717) is 17.2 Å². The quantitative estimate of drug-likeness (QED) is 0.724. The van der Waals surface area contributed by atoms with Gasteiger partial charge in [0.05, 0.1) is 11.0 Å². The van der Waals surface area contributed by atoms with E-state index in [1.54, 1.807) is 25.1 Å². The number of sulfone groups is 1. The van der Waals surface area contributed by atoms with Crippen molar-refractivity contribution in [1.82, 2.24) is 15.0 Å². The maximum atomic E-state index is 13.0. The highest BCUT2D eigenvalue weighted by Gasteiger charge is 2.28. The van der Waals surface area contributed by atoms with Crippen LogP contribution in [0.25, 0.3) is 11.0 Å². The average Bonchev–Trinajstić information content (AvgIpc) is 2.92. The topological polar surface area (TPSA) is 111 Å². The predicted octanol–water partition coefficient (Wildman–Crippen LogP) is 2.86. The number of aryl methyl sites for hydroxylation is 1. The molecule has 2 aromatic heterocycles. The number of ether oxygens (including phenoxy) is 1. The first kappa shape index (κ1) is 17.2. The Hall–Kier alpha value is -2.61. The first-order valence-electron chi connectivity index (χ1n) is 7.97. The summed E-state index contributed by atoms with van der Waals surface area (Å²) in [6, 6.07) is 8.13. The highest BCUT2D eigenvalue weighted by Crippen LogP contribution is 2.35. The molecule has 3 rings (SSSR count). The van der Waals surface area contributed by atoms with Crippen LogP contribution < -0.4 is 10.5 Å². The zero-order chi connectivity index (χ0) is 18.2. The van der Waals surface area contributed by atoms with Crippen molar-refractivity contribution < 1.29 is 13.2 Å². The first-order valence-corrected chi connectivity index (χ1v) is 9.45. The minimum absolute atomic E-state index is 0.0211. The van der Waals surface area contributed by atoms with Gasteiger partial charge in [-0.1, -0.05) is 25.1 Å². The molecule has 0 bridgehead atoms. The van der Waals surface area contributed by atoms with E-state index in [-0.39, 0.29) is 27.2 Å². The van der Waals surface area contributed by atoms with Crippen molar-refractivity contribution in [3.63, 3.8) is 0 Å². The molecule has 1 atom stereocenters. The van der Waals surface area contributed by atoms with E-state index < -0.39 is 9.84 Å². The minimum atomic E-state index is -3.82. The molecular formula is C17H20N4O3S. The van der Waals surface area contributed by atoms with Crippen LogP contribution in [0.1, 0.15) is 26.1 Å². The van der Waals surface area contributed by atoms with Crippen LogP contribution >= 0.6 is 0 Å². The smallest absolute Gasteiger partial charge is 0.242 e. The Morgan fingerprint density at radius 2 is 1.92 bits per heavy atom. The lowest BCUT2D eigenvalue weighted by atomic mass is 10.3. The summed E-state index contributed by atoms with van der Waals surface area (Å²) in [7, 11) is -3.82. The third-order valence-electron chi connectivity index (χ3n) is 3.92. The van der Waals surface area contributed by atoms with Gasteiger partial charge < -0.3 is 15.5 Å². The van der Waals surface area contributed by atoms with E-state index >= 15 is 0 Å². The lowest BCUT2D eigenvalue weighted by Gasteiger charge is -2.12. The molecule has 0 saturated heterocycles. The highest BCUT2D eigenvalue weighted by atomic mass is 32.2. The number of nitrogen functional groups attached to an aromatic ring is 1. The SMILES string of the molecule is CC[C@@H](C)Oc1nc(C)nc2c(S(=O)(=O)c3ccccc3)c(N)[nH]c12. The van der Waals surface area contributed by atoms with E-state index in [1.165, 1.54) is 12.1 Å². The number of anilines is 1. The third-order valence-corrected chi connectivity index (χ3v) is 5.76. The Balaban J connectivity index is 2.26. The second-order valence-corrected chi connectivity index (χ2v) is 7.71. The summed E-state index contributed by atoms with van der Waals surface area (Å²) in [5.41, 5.74) is 6.63. The molecule has 3 aromatic rings. The maximum Gasteiger partial charge on any atom is 0.242 e.